The summed E-state index contributed by atoms with van der Waals surface area (Å²) in [5, 5.41) is 24.4. The van der Waals surface area contributed by atoms with Crippen LogP contribution in [0.5, 0.6) is 0 Å². The van der Waals surface area contributed by atoms with Gasteiger partial charge in [-0.15, -0.1) is 10.2 Å². The van der Waals surface area contributed by atoms with Crippen molar-refractivity contribution in [2.45, 2.75) is 25.8 Å². The van der Waals surface area contributed by atoms with Crippen LogP contribution in [0.2, 0.25) is 0 Å². The minimum absolute atomic E-state index is 0.0397. The Kier molecular flexibility index (Phi) is 5.03. The van der Waals surface area contributed by atoms with Gasteiger partial charge in [-0.1, -0.05) is 5.21 Å². The molecule has 100 valence electrons. The zero-order chi connectivity index (χ0) is 13.5. The number of carbonyl (C=O) groups is 2. The summed E-state index contributed by atoms with van der Waals surface area (Å²) in [6.45, 7) is 2.10. The third-order valence-corrected chi connectivity index (χ3v) is 2.32. The Bertz CT molecular complexity index is 393. The lowest BCUT2D eigenvalue weighted by Crippen LogP contribution is -2.39. The molecule has 0 fully saturated rings. The second-order valence-corrected chi connectivity index (χ2v) is 3.86. The van der Waals surface area contributed by atoms with Gasteiger partial charge < -0.3 is 15.3 Å². The van der Waals surface area contributed by atoms with Gasteiger partial charge in [0.05, 0.1) is 6.04 Å². The first-order valence-electron chi connectivity index (χ1n) is 5.47. The van der Waals surface area contributed by atoms with Crippen molar-refractivity contribution in [1.29, 1.82) is 0 Å². The maximum Gasteiger partial charge on any atom is 0.317 e. The number of amides is 2. The molecule has 1 heterocycles. The highest BCUT2D eigenvalue weighted by Crippen LogP contribution is 2.04. The molecule has 0 spiro atoms. The first kappa shape index (κ1) is 13.9. The summed E-state index contributed by atoms with van der Waals surface area (Å²) in [6.07, 6.45) is 0.452. The van der Waals surface area contributed by atoms with Crippen LogP contribution in [0.15, 0.2) is 0 Å². The third-order valence-electron chi connectivity index (χ3n) is 2.32. The van der Waals surface area contributed by atoms with Crippen molar-refractivity contribution in [1.82, 2.24) is 30.8 Å². The predicted octanol–water partition coefficient (Wildman–Crippen LogP) is -0.233. The van der Waals surface area contributed by atoms with Gasteiger partial charge in [0.15, 0.2) is 5.82 Å². The summed E-state index contributed by atoms with van der Waals surface area (Å²) in [6, 6.07) is -0.670. The van der Waals surface area contributed by atoms with Crippen molar-refractivity contribution in [2.24, 2.45) is 0 Å². The lowest BCUT2D eigenvalue weighted by molar-refractivity contribution is -0.137. The highest BCUT2D eigenvalue weighted by atomic mass is 16.4. The number of tetrazole rings is 1. The van der Waals surface area contributed by atoms with Crippen molar-refractivity contribution in [3.05, 3.63) is 5.82 Å². The number of hydrogen-bond acceptors (Lipinski definition) is 5. The van der Waals surface area contributed by atoms with E-state index in [1.54, 1.807) is 14.0 Å². The van der Waals surface area contributed by atoms with Crippen LogP contribution in [0, 0.1) is 0 Å². The van der Waals surface area contributed by atoms with Crippen LogP contribution in [0.3, 0.4) is 0 Å². The molecule has 9 nitrogen and oxygen atoms in total. The molecule has 1 rings (SSSR count). The molecule has 0 saturated carbocycles. The zero-order valence-electron chi connectivity index (χ0n) is 10.3. The molecule has 0 aromatic carbocycles. The van der Waals surface area contributed by atoms with Crippen LogP contribution in [0.1, 0.15) is 31.6 Å². The number of nitrogens with zero attached hydrogens (tertiary/aromatic N) is 4. The molecule has 0 aliphatic rings. The second kappa shape index (κ2) is 6.52. The predicted molar refractivity (Wildman–Crippen MR) is 60.6 cm³/mol. The standard InChI is InChI=1S/C9H16N6O3/c1-6(8-11-13-14-12-8)10-9(18)15(2)5-3-4-7(16)17/h6H,3-5H2,1-2H3,(H,10,18)(H,16,17)(H,11,12,13,14). The number of nitrogens with one attached hydrogen (secondary N) is 2. The molecule has 9 heteroatoms. The van der Waals surface area contributed by atoms with Gasteiger partial charge in [-0.05, 0) is 13.3 Å². The fourth-order valence-electron chi connectivity index (χ4n) is 1.28. The molecule has 1 unspecified atom stereocenters. The van der Waals surface area contributed by atoms with Gasteiger partial charge >= 0.3 is 12.0 Å². The van der Waals surface area contributed by atoms with Crippen LogP contribution in [-0.4, -0.2) is 56.2 Å². The average molecular weight is 256 g/mol. The van der Waals surface area contributed by atoms with Gasteiger partial charge in [-0.2, -0.15) is 5.21 Å². The van der Waals surface area contributed by atoms with Crippen LogP contribution < -0.4 is 5.32 Å². The Balaban J connectivity index is 2.33. The van der Waals surface area contributed by atoms with E-state index in [4.69, 9.17) is 5.11 Å². The lowest BCUT2D eigenvalue weighted by atomic mass is 10.3. The normalized spacial score (nSPS) is 11.9. The van der Waals surface area contributed by atoms with E-state index in [1.165, 1.54) is 4.90 Å². The van der Waals surface area contributed by atoms with Crippen molar-refractivity contribution in [2.75, 3.05) is 13.6 Å². The number of H-pyrrole nitrogens is 1. The summed E-state index contributed by atoms with van der Waals surface area (Å²) in [4.78, 5) is 23.5. The van der Waals surface area contributed by atoms with E-state index in [2.05, 4.69) is 25.9 Å². The van der Waals surface area contributed by atoms with Gasteiger partial charge in [-0.3, -0.25) is 4.79 Å². The van der Waals surface area contributed by atoms with Crippen LogP contribution in [-0.2, 0) is 4.79 Å². The number of urea groups is 1. The molecule has 0 radical (unpaired) electrons. The van der Waals surface area contributed by atoms with Crippen molar-refractivity contribution in [3.8, 4) is 0 Å². The summed E-state index contributed by atoms with van der Waals surface area (Å²) >= 11 is 0. The highest BCUT2D eigenvalue weighted by Gasteiger charge is 2.16. The summed E-state index contributed by atoms with van der Waals surface area (Å²) in [7, 11) is 1.60. The smallest absolute Gasteiger partial charge is 0.317 e. The fourth-order valence-corrected chi connectivity index (χ4v) is 1.28. The maximum atomic E-state index is 11.7. The zero-order valence-corrected chi connectivity index (χ0v) is 10.3. The van der Waals surface area contributed by atoms with Crippen LogP contribution in [0.4, 0.5) is 4.79 Å². The summed E-state index contributed by atoms with van der Waals surface area (Å²) < 4.78 is 0. The minimum atomic E-state index is -0.871. The van der Waals surface area contributed by atoms with Gasteiger partial charge in [0.25, 0.3) is 0 Å². The first-order valence-corrected chi connectivity index (χ1v) is 5.47. The molecular weight excluding hydrogens is 240 g/mol. The Morgan fingerprint density at radius 3 is 2.83 bits per heavy atom. The maximum absolute atomic E-state index is 11.7. The first-order chi connectivity index (χ1) is 8.50. The largest absolute Gasteiger partial charge is 0.481 e. The molecule has 0 bridgehead atoms. The number of carboxylic acid groups (broad SMARTS) is 1. The SMILES string of the molecule is CC(NC(=O)N(C)CCCC(=O)O)c1nn[nH]n1. The Labute approximate surface area is 104 Å². The molecule has 0 saturated heterocycles. The molecule has 0 aliphatic carbocycles. The molecule has 3 N–H and O–H groups in total. The second-order valence-electron chi connectivity index (χ2n) is 3.86. The topological polar surface area (TPSA) is 124 Å². The van der Waals surface area contributed by atoms with E-state index in [9.17, 15) is 9.59 Å². The van der Waals surface area contributed by atoms with E-state index < -0.39 is 5.97 Å². The van der Waals surface area contributed by atoms with Gasteiger partial charge in [0, 0.05) is 20.0 Å². The average Bonchev–Trinajstić information content (AvgIpc) is 2.81. The van der Waals surface area contributed by atoms with Crippen molar-refractivity contribution >= 4 is 12.0 Å². The number of carboxylic acids is 1. The molecule has 2 amide bonds. The molecule has 1 aromatic heterocycles. The van der Waals surface area contributed by atoms with Gasteiger partial charge in [-0.25, -0.2) is 4.79 Å². The van der Waals surface area contributed by atoms with Crippen molar-refractivity contribution < 1.29 is 14.7 Å². The molecule has 0 aliphatic heterocycles. The van der Waals surface area contributed by atoms with E-state index in [0.29, 0.717) is 18.8 Å². The van der Waals surface area contributed by atoms with E-state index in [0.717, 1.165) is 0 Å². The molecular formula is C9H16N6O3. The lowest BCUT2D eigenvalue weighted by Gasteiger charge is -2.19. The Hall–Kier alpha value is -2.19. The number of hydrogen-bond donors (Lipinski definition) is 3. The molecule has 1 atom stereocenters. The summed E-state index contributed by atoms with van der Waals surface area (Å²) in [5.41, 5.74) is 0. The van der Waals surface area contributed by atoms with E-state index in [-0.39, 0.29) is 18.5 Å². The van der Waals surface area contributed by atoms with E-state index >= 15 is 0 Å². The number of aromatic amines is 1. The highest BCUT2D eigenvalue weighted by molar-refractivity contribution is 5.74. The van der Waals surface area contributed by atoms with Crippen molar-refractivity contribution in [3.63, 3.8) is 0 Å². The number of aliphatic carboxylic acids is 1. The number of aromatic nitrogens is 4. The molecule has 1 aromatic rings. The number of rotatable bonds is 6. The van der Waals surface area contributed by atoms with Crippen LogP contribution in [0.25, 0.3) is 0 Å². The fraction of sp³-hybridized carbons (Fsp3) is 0.667. The Morgan fingerprint density at radius 2 is 2.28 bits per heavy atom. The Morgan fingerprint density at radius 1 is 1.56 bits per heavy atom. The number of carbonyl (C=O) groups excluding carboxylic acids is 1. The summed E-state index contributed by atoms with van der Waals surface area (Å²) in [5.74, 6) is -0.480. The molecule has 18 heavy (non-hydrogen) atoms. The van der Waals surface area contributed by atoms with Gasteiger partial charge in [0.2, 0.25) is 0 Å². The quantitative estimate of drug-likeness (QED) is 0.645. The van der Waals surface area contributed by atoms with Crippen LogP contribution >= 0.6 is 0 Å². The minimum Gasteiger partial charge on any atom is -0.481 e. The third kappa shape index (κ3) is 4.36. The van der Waals surface area contributed by atoms with Gasteiger partial charge in [0.1, 0.15) is 0 Å². The monoisotopic (exact) mass is 256 g/mol. The van der Waals surface area contributed by atoms with E-state index in [1.807, 2.05) is 0 Å².